The highest BCUT2D eigenvalue weighted by atomic mass is 32.2. The molecule has 0 heterocycles. The van der Waals surface area contributed by atoms with Crippen LogP contribution in [0.4, 0.5) is 0 Å². The molecule has 1 aromatic rings. The fourth-order valence-corrected chi connectivity index (χ4v) is 3.14. The maximum Gasteiger partial charge on any atom is 0.304 e. The van der Waals surface area contributed by atoms with E-state index in [2.05, 4.69) is 32.2 Å². The number of aryl methyl sites for hydroxylation is 2. The molecular weight excluding hydrogens is 232 g/mol. The third kappa shape index (κ3) is 2.34. The van der Waals surface area contributed by atoms with Crippen LogP contribution in [0.25, 0.3) is 0 Å². The van der Waals surface area contributed by atoms with Gasteiger partial charge in [0.25, 0.3) is 0 Å². The summed E-state index contributed by atoms with van der Waals surface area (Å²) in [5.74, 6) is -0.687. The van der Waals surface area contributed by atoms with Crippen molar-refractivity contribution in [3.05, 3.63) is 28.8 Å². The number of hydrogen-bond donors (Lipinski definition) is 1. The van der Waals surface area contributed by atoms with Crippen LogP contribution < -0.4 is 0 Å². The number of hydrogen-bond acceptors (Lipinski definition) is 2. The lowest BCUT2D eigenvalue weighted by Crippen LogP contribution is -2.14. The lowest BCUT2D eigenvalue weighted by molar-refractivity contribution is -0.137. The minimum Gasteiger partial charge on any atom is -0.481 e. The Morgan fingerprint density at radius 3 is 2.41 bits per heavy atom. The molecule has 1 N–H and O–H groups in total. The predicted octanol–water partition coefficient (Wildman–Crippen LogP) is 3.53. The molecule has 1 aromatic carbocycles. The molecule has 0 bridgehead atoms. The third-order valence-electron chi connectivity index (χ3n) is 3.73. The van der Waals surface area contributed by atoms with Crippen molar-refractivity contribution < 1.29 is 9.90 Å². The van der Waals surface area contributed by atoms with Gasteiger partial charge >= 0.3 is 5.97 Å². The molecule has 2 rings (SSSR count). The second-order valence-electron chi connectivity index (χ2n) is 4.99. The zero-order valence-electron chi connectivity index (χ0n) is 10.5. The van der Waals surface area contributed by atoms with Gasteiger partial charge in [0.05, 0.1) is 6.42 Å². The van der Waals surface area contributed by atoms with Crippen LogP contribution in [-0.2, 0) is 10.2 Å². The monoisotopic (exact) mass is 250 g/mol. The maximum absolute atomic E-state index is 11.0. The highest BCUT2D eigenvalue weighted by Crippen LogP contribution is 2.53. The summed E-state index contributed by atoms with van der Waals surface area (Å²) in [7, 11) is 0. The van der Waals surface area contributed by atoms with E-state index in [1.807, 2.05) is 0 Å². The fraction of sp³-hybridized carbons (Fsp3) is 0.500. The van der Waals surface area contributed by atoms with Gasteiger partial charge in [0, 0.05) is 10.3 Å². The first-order chi connectivity index (χ1) is 7.98. The molecule has 0 spiro atoms. The van der Waals surface area contributed by atoms with Crippen LogP contribution >= 0.6 is 11.8 Å². The lowest BCUT2D eigenvalue weighted by atomic mass is 9.90. The number of aliphatic carboxylic acids is 1. The Labute approximate surface area is 106 Å². The van der Waals surface area contributed by atoms with E-state index < -0.39 is 5.97 Å². The molecule has 1 saturated carbocycles. The summed E-state index contributed by atoms with van der Waals surface area (Å²) in [4.78, 5) is 12.2. The van der Waals surface area contributed by atoms with Crippen LogP contribution in [0, 0.1) is 13.8 Å². The maximum atomic E-state index is 11.0. The van der Waals surface area contributed by atoms with E-state index >= 15 is 0 Å². The van der Waals surface area contributed by atoms with Gasteiger partial charge in [-0.25, -0.2) is 0 Å². The van der Waals surface area contributed by atoms with Gasteiger partial charge in [-0.05, 0) is 55.7 Å². The molecule has 92 valence electrons. The molecule has 3 heteroatoms. The van der Waals surface area contributed by atoms with E-state index in [9.17, 15) is 4.79 Å². The Kier molecular flexibility index (Phi) is 3.21. The first kappa shape index (κ1) is 12.5. The zero-order valence-corrected chi connectivity index (χ0v) is 11.4. The summed E-state index contributed by atoms with van der Waals surface area (Å²) in [6.07, 6.45) is 4.35. The highest BCUT2D eigenvalue weighted by molar-refractivity contribution is 7.98. The van der Waals surface area contributed by atoms with Crippen LogP contribution in [0.2, 0.25) is 0 Å². The Bertz CT molecular complexity index is 462. The van der Waals surface area contributed by atoms with Gasteiger partial charge in [-0.3, -0.25) is 4.79 Å². The smallest absolute Gasteiger partial charge is 0.304 e. The van der Waals surface area contributed by atoms with Crippen molar-refractivity contribution in [1.29, 1.82) is 0 Å². The molecule has 1 aliphatic rings. The quantitative estimate of drug-likeness (QED) is 0.831. The van der Waals surface area contributed by atoms with E-state index in [1.54, 1.807) is 11.8 Å². The van der Waals surface area contributed by atoms with E-state index in [1.165, 1.54) is 21.6 Å². The molecule has 17 heavy (non-hydrogen) atoms. The van der Waals surface area contributed by atoms with Crippen molar-refractivity contribution in [2.75, 3.05) is 6.26 Å². The van der Waals surface area contributed by atoms with Gasteiger partial charge in [0.15, 0.2) is 0 Å². The SMILES string of the molecule is CSc1cc(C)c(C)cc1C1(CC(=O)O)CC1. The number of rotatable bonds is 4. The second-order valence-corrected chi connectivity index (χ2v) is 5.84. The predicted molar refractivity (Wildman–Crippen MR) is 70.9 cm³/mol. The second kappa shape index (κ2) is 4.37. The standard InChI is InChI=1S/C14H18O2S/c1-9-6-11(12(17-3)7-10(9)2)14(4-5-14)8-13(15)16/h6-7H,4-5,8H2,1-3H3,(H,15,16). The fourth-order valence-electron chi connectivity index (χ4n) is 2.35. The summed E-state index contributed by atoms with van der Waals surface area (Å²) in [6.45, 7) is 4.20. The molecule has 0 aromatic heterocycles. The number of benzene rings is 1. The summed E-state index contributed by atoms with van der Waals surface area (Å²) in [5, 5.41) is 9.03. The first-order valence-electron chi connectivity index (χ1n) is 5.86. The van der Waals surface area contributed by atoms with E-state index in [0.29, 0.717) is 0 Å². The van der Waals surface area contributed by atoms with Crippen molar-refractivity contribution in [3.63, 3.8) is 0 Å². The van der Waals surface area contributed by atoms with E-state index in [0.717, 1.165) is 12.8 Å². The molecule has 0 aliphatic heterocycles. The minimum atomic E-state index is -0.687. The van der Waals surface area contributed by atoms with Crippen molar-refractivity contribution in [1.82, 2.24) is 0 Å². The molecule has 1 aliphatic carbocycles. The van der Waals surface area contributed by atoms with Crippen LogP contribution in [0.5, 0.6) is 0 Å². The topological polar surface area (TPSA) is 37.3 Å². The van der Waals surface area contributed by atoms with Gasteiger partial charge in [0.2, 0.25) is 0 Å². The van der Waals surface area contributed by atoms with Crippen LogP contribution in [0.1, 0.15) is 36.0 Å². The molecule has 0 unspecified atom stereocenters. The molecule has 0 atom stereocenters. The zero-order chi connectivity index (χ0) is 12.6. The van der Waals surface area contributed by atoms with Gasteiger partial charge in [0.1, 0.15) is 0 Å². The number of carbonyl (C=O) groups is 1. The number of carboxylic acids is 1. The Balaban J connectivity index is 2.44. The van der Waals surface area contributed by atoms with Crippen molar-refractivity contribution in [2.45, 2.75) is 43.4 Å². The summed E-state index contributed by atoms with van der Waals surface area (Å²) < 4.78 is 0. The van der Waals surface area contributed by atoms with Crippen molar-refractivity contribution in [3.8, 4) is 0 Å². The Morgan fingerprint density at radius 2 is 1.94 bits per heavy atom. The normalized spacial score (nSPS) is 16.9. The first-order valence-corrected chi connectivity index (χ1v) is 7.08. The molecule has 2 nitrogen and oxygen atoms in total. The molecule has 0 amide bonds. The van der Waals surface area contributed by atoms with Crippen molar-refractivity contribution in [2.24, 2.45) is 0 Å². The number of carboxylic acid groups (broad SMARTS) is 1. The highest BCUT2D eigenvalue weighted by Gasteiger charge is 2.47. The third-order valence-corrected chi connectivity index (χ3v) is 4.51. The molecular formula is C14H18O2S. The van der Waals surface area contributed by atoms with E-state index in [-0.39, 0.29) is 11.8 Å². The largest absolute Gasteiger partial charge is 0.481 e. The molecule has 0 radical (unpaired) electrons. The average Bonchev–Trinajstić information content (AvgIpc) is 3.01. The van der Waals surface area contributed by atoms with Crippen LogP contribution in [0.3, 0.4) is 0 Å². The minimum absolute atomic E-state index is 0.0807. The lowest BCUT2D eigenvalue weighted by Gasteiger charge is -2.19. The number of thioether (sulfide) groups is 1. The molecule has 0 saturated heterocycles. The summed E-state index contributed by atoms with van der Waals surface area (Å²) in [5.41, 5.74) is 3.71. The van der Waals surface area contributed by atoms with Gasteiger partial charge in [-0.1, -0.05) is 6.07 Å². The summed E-state index contributed by atoms with van der Waals surface area (Å²) in [6, 6.07) is 4.38. The van der Waals surface area contributed by atoms with Gasteiger partial charge < -0.3 is 5.11 Å². The van der Waals surface area contributed by atoms with Gasteiger partial charge in [-0.2, -0.15) is 0 Å². The Hall–Kier alpha value is -0.960. The van der Waals surface area contributed by atoms with Crippen LogP contribution in [0.15, 0.2) is 17.0 Å². The van der Waals surface area contributed by atoms with Crippen LogP contribution in [-0.4, -0.2) is 17.3 Å². The average molecular weight is 250 g/mol. The van der Waals surface area contributed by atoms with Gasteiger partial charge in [-0.15, -0.1) is 11.8 Å². The Morgan fingerprint density at radius 1 is 1.35 bits per heavy atom. The van der Waals surface area contributed by atoms with E-state index in [4.69, 9.17) is 5.11 Å². The summed E-state index contributed by atoms with van der Waals surface area (Å²) >= 11 is 1.72. The molecule has 1 fully saturated rings. The van der Waals surface area contributed by atoms with Crippen molar-refractivity contribution >= 4 is 17.7 Å².